The highest BCUT2D eigenvalue weighted by Gasteiger charge is 2.19. The number of allylic oxidation sites excluding steroid dienone is 10. The van der Waals surface area contributed by atoms with Gasteiger partial charge in [0, 0.05) is 19.3 Å². The summed E-state index contributed by atoms with van der Waals surface area (Å²) < 4.78 is 16.8. The van der Waals surface area contributed by atoms with E-state index in [1.807, 2.05) is 0 Å². The highest BCUT2D eigenvalue weighted by Crippen LogP contribution is 2.16. The van der Waals surface area contributed by atoms with E-state index in [0.717, 1.165) is 89.9 Å². The van der Waals surface area contributed by atoms with Crippen molar-refractivity contribution in [2.24, 2.45) is 0 Å². The van der Waals surface area contributed by atoms with Crippen LogP contribution in [0.1, 0.15) is 303 Å². The van der Waals surface area contributed by atoms with Crippen molar-refractivity contribution in [1.82, 2.24) is 0 Å². The average Bonchev–Trinajstić information content (AvgIpc) is 3.35. The Balaban J connectivity index is 4.17. The Bertz CT molecular complexity index is 1250. The number of rotatable bonds is 54. The molecule has 0 aliphatic heterocycles. The van der Waals surface area contributed by atoms with Crippen LogP contribution >= 0.6 is 0 Å². The van der Waals surface area contributed by atoms with E-state index in [4.69, 9.17) is 14.2 Å². The largest absolute Gasteiger partial charge is 0.462 e. The lowest BCUT2D eigenvalue weighted by Crippen LogP contribution is -2.30. The first-order valence-corrected chi connectivity index (χ1v) is 29.8. The van der Waals surface area contributed by atoms with Gasteiger partial charge in [0.15, 0.2) is 6.10 Å². The Hall–Kier alpha value is -2.89. The molecule has 0 rings (SSSR count). The van der Waals surface area contributed by atoms with E-state index < -0.39 is 6.10 Å². The zero-order valence-corrected chi connectivity index (χ0v) is 45.8. The standard InChI is InChI=1S/C63H112O6/c1-4-7-10-13-16-18-20-22-24-26-28-30-31-33-34-36-38-40-42-44-47-50-53-56-62(65)68-59-60(58-67-61(64)55-52-49-46-15-12-9-6-3)69-63(66)57-54-51-48-45-43-41-39-37-35-32-29-27-25-23-21-19-17-14-11-8-5-2/h8,11,17,19,23,25-26,28-29,32,60H,4-7,9-10,12-16,18,20-22,24,27,30-31,33-59H2,1-3H3/b11-8-,19-17-,25-23-,28-26-,32-29-. The number of carbonyl (C=O) groups excluding carboxylic acids is 3. The zero-order chi connectivity index (χ0) is 50.0. The monoisotopic (exact) mass is 965 g/mol. The first-order valence-electron chi connectivity index (χ1n) is 29.8. The lowest BCUT2D eigenvalue weighted by Gasteiger charge is -2.18. The summed E-state index contributed by atoms with van der Waals surface area (Å²) in [5.74, 6) is -0.880. The van der Waals surface area contributed by atoms with Gasteiger partial charge in [-0.3, -0.25) is 14.4 Å². The molecule has 0 aromatic rings. The predicted molar refractivity (Wildman–Crippen MR) is 298 cm³/mol. The second-order valence-corrected chi connectivity index (χ2v) is 19.9. The molecule has 0 amide bonds. The SMILES string of the molecule is CC/C=C\C/C=C\C/C=C\C/C=C\CCCCCCCCCCC(=O)OC(COC(=O)CCCCCCCCC)COC(=O)CCCCCCCCCCCCC/C=C\CCCCCCCCCC. The van der Waals surface area contributed by atoms with Crippen LogP contribution in [0.5, 0.6) is 0 Å². The van der Waals surface area contributed by atoms with Crippen molar-refractivity contribution in [3.63, 3.8) is 0 Å². The van der Waals surface area contributed by atoms with Crippen molar-refractivity contribution in [3.8, 4) is 0 Å². The Kier molecular flexibility index (Phi) is 55.3. The van der Waals surface area contributed by atoms with E-state index >= 15 is 0 Å². The van der Waals surface area contributed by atoms with E-state index in [1.54, 1.807) is 0 Å². The molecule has 69 heavy (non-hydrogen) atoms. The summed E-state index contributed by atoms with van der Waals surface area (Å²) in [4.78, 5) is 38.0. The predicted octanol–water partition coefficient (Wildman–Crippen LogP) is 20.0. The van der Waals surface area contributed by atoms with Gasteiger partial charge in [-0.1, -0.05) is 261 Å². The van der Waals surface area contributed by atoms with Gasteiger partial charge in [0.25, 0.3) is 0 Å². The Morgan fingerprint density at radius 1 is 0.304 bits per heavy atom. The lowest BCUT2D eigenvalue weighted by atomic mass is 10.0. The van der Waals surface area contributed by atoms with Crippen molar-refractivity contribution in [3.05, 3.63) is 60.8 Å². The lowest BCUT2D eigenvalue weighted by molar-refractivity contribution is -0.167. The van der Waals surface area contributed by atoms with Crippen LogP contribution in [-0.4, -0.2) is 37.2 Å². The molecular weight excluding hydrogens is 853 g/mol. The van der Waals surface area contributed by atoms with Gasteiger partial charge in [0.1, 0.15) is 13.2 Å². The van der Waals surface area contributed by atoms with Gasteiger partial charge in [0.2, 0.25) is 0 Å². The number of ether oxygens (including phenoxy) is 3. The van der Waals surface area contributed by atoms with Crippen LogP contribution in [0.25, 0.3) is 0 Å². The molecule has 0 aromatic carbocycles. The Labute approximate surface area is 428 Å². The maximum atomic E-state index is 12.8. The zero-order valence-electron chi connectivity index (χ0n) is 45.8. The minimum absolute atomic E-state index is 0.0758. The number of unbranched alkanes of at least 4 members (excludes halogenated alkanes) is 33. The Morgan fingerprint density at radius 3 is 0.899 bits per heavy atom. The van der Waals surface area contributed by atoms with Crippen LogP contribution in [0, 0.1) is 0 Å². The van der Waals surface area contributed by atoms with Crippen LogP contribution in [0.4, 0.5) is 0 Å². The molecule has 6 nitrogen and oxygen atoms in total. The van der Waals surface area contributed by atoms with E-state index in [9.17, 15) is 14.4 Å². The molecule has 0 heterocycles. The molecule has 0 bridgehead atoms. The molecule has 0 saturated carbocycles. The van der Waals surface area contributed by atoms with Crippen LogP contribution < -0.4 is 0 Å². The fourth-order valence-corrected chi connectivity index (χ4v) is 8.55. The molecule has 1 atom stereocenters. The summed E-state index contributed by atoms with van der Waals surface area (Å²) in [6.07, 6.45) is 72.4. The van der Waals surface area contributed by atoms with Gasteiger partial charge < -0.3 is 14.2 Å². The molecular formula is C63H112O6. The highest BCUT2D eigenvalue weighted by molar-refractivity contribution is 5.71. The van der Waals surface area contributed by atoms with E-state index in [-0.39, 0.29) is 31.1 Å². The van der Waals surface area contributed by atoms with Gasteiger partial charge in [-0.05, 0) is 83.5 Å². The van der Waals surface area contributed by atoms with Gasteiger partial charge in [-0.2, -0.15) is 0 Å². The molecule has 1 unspecified atom stereocenters. The minimum Gasteiger partial charge on any atom is -0.462 e. The summed E-state index contributed by atoms with van der Waals surface area (Å²) in [6, 6.07) is 0. The Morgan fingerprint density at radius 2 is 0.565 bits per heavy atom. The summed E-state index contributed by atoms with van der Waals surface area (Å²) in [7, 11) is 0. The van der Waals surface area contributed by atoms with Gasteiger partial charge >= 0.3 is 17.9 Å². The van der Waals surface area contributed by atoms with Crippen molar-refractivity contribution in [1.29, 1.82) is 0 Å². The average molecular weight is 966 g/mol. The number of hydrogen-bond acceptors (Lipinski definition) is 6. The molecule has 0 N–H and O–H groups in total. The first kappa shape index (κ1) is 66.1. The third-order valence-electron chi connectivity index (χ3n) is 13.0. The van der Waals surface area contributed by atoms with Gasteiger partial charge in [-0.15, -0.1) is 0 Å². The number of esters is 3. The molecule has 0 radical (unpaired) electrons. The highest BCUT2D eigenvalue weighted by atomic mass is 16.6. The second-order valence-electron chi connectivity index (χ2n) is 19.9. The van der Waals surface area contributed by atoms with E-state index in [2.05, 4.69) is 81.5 Å². The maximum absolute atomic E-state index is 12.8. The molecule has 0 aliphatic carbocycles. The summed E-state index contributed by atoms with van der Waals surface area (Å²) in [5, 5.41) is 0. The molecule has 0 fully saturated rings. The van der Waals surface area contributed by atoms with E-state index in [0.29, 0.717) is 19.3 Å². The molecule has 0 spiro atoms. The summed E-state index contributed by atoms with van der Waals surface area (Å²) in [5.41, 5.74) is 0. The third kappa shape index (κ3) is 55.9. The van der Waals surface area contributed by atoms with E-state index in [1.165, 1.54) is 173 Å². The molecule has 0 aliphatic rings. The van der Waals surface area contributed by atoms with Crippen LogP contribution in [0.2, 0.25) is 0 Å². The second kappa shape index (κ2) is 57.7. The van der Waals surface area contributed by atoms with Crippen LogP contribution in [0.15, 0.2) is 60.8 Å². The van der Waals surface area contributed by atoms with Crippen molar-refractivity contribution in [2.75, 3.05) is 13.2 Å². The third-order valence-corrected chi connectivity index (χ3v) is 13.0. The normalized spacial score (nSPS) is 12.4. The topological polar surface area (TPSA) is 78.9 Å². The number of hydrogen-bond donors (Lipinski definition) is 0. The van der Waals surface area contributed by atoms with Crippen molar-refractivity contribution in [2.45, 2.75) is 309 Å². The minimum atomic E-state index is -0.776. The molecule has 0 saturated heterocycles. The fourth-order valence-electron chi connectivity index (χ4n) is 8.55. The first-order chi connectivity index (χ1) is 34.0. The quantitative estimate of drug-likeness (QED) is 0.0262. The van der Waals surface area contributed by atoms with Gasteiger partial charge in [0.05, 0.1) is 0 Å². The molecule has 0 aromatic heterocycles. The number of carbonyl (C=O) groups is 3. The maximum Gasteiger partial charge on any atom is 0.306 e. The summed E-state index contributed by atoms with van der Waals surface area (Å²) in [6.45, 7) is 6.51. The van der Waals surface area contributed by atoms with Crippen LogP contribution in [-0.2, 0) is 28.6 Å². The van der Waals surface area contributed by atoms with Crippen LogP contribution in [0.3, 0.4) is 0 Å². The fraction of sp³-hybridized carbons (Fsp3) is 0.794. The summed E-state index contributed by atoms with van der Waals surface area (Å²) >= 11 is 0. The van der Waals surface area contributed by atoms with Crippen molar-refractivity contribution >= 4 is 17.9 Å². The van der Waals surface area contributed by atoms with Crippen molar-refractivity contribution < 1.29 is 28.6 Å². The molecule has 400 valence electrons. The molecule has 6 heteroatoms. The smallest absolute Gasteiger partial charge is 0.306 e. The van der Waals surface area contributed by atoms with Gasteiger partial charge in [-0.25, -0.2) is 0 Å².